The molecule has 0 spiro atoms. The minimum absolute atomic E-state index is 0.233. The Morgan fingerprint density at radius 1 is 1.09 bits per heavy atom. The van der Waals surface area contributed by atoms with E-state index in [1.807, 2.05) is 32.2 Å². The Labute approximate surface area is 203 Å². The molecule has 0 amide bonds. The van der Waals surface area contributed by atoms with E-state index in [4.69, 9.17) is 21.2 Å². The third kappa shape index (κ3) is 4.17. The third-order valence-corrected chi connectivity index (χ3v) is 6.86. The largest absolute Gasteiger partial charge is 0.491 e. The number of nitrogen functional groups attached to an aromatic ring is 1. The molecule has 0 radical (unpaired) electrons. The average molecular weight is 476 g/mol. The second-order valence-corrected chi connectivity index (χ2v) is 10.0. The molecule has 5 rings (SSSR count). The van der Waals surface area contributed by atoms with Crippen molar-refractivity contribution in [3.63, 3.8) is 0 Å². The van der Waals surface area contributed by atoms with Crippen LogP contribution in [0.1, 0.15) is 55.4 Å². The number of ether oxygens (including phenoxy) is 1. The third-order valence-electron chi connectivity index (χ3n) is 6.06. The molecule has 0 bridgehead atoms. The highest BCUT2D eigenvalue weighted by Crippen LogP contribution is 2.35. The van der Waals surface area contributed by atoms with Gasteiger partial charge in [0, 0.05) is 35.1 Å². The number of hydrogen-bond donors (Lipinski definition) is 2. The summed E-state index contributed by atoms with van der Waals surface area (Å²) in [7, 11) is 0. The van der Waals surface area contributed by atoms with E-state index in [1.165, 1.54) is 11.3 Å². The summed E-state index contributed by atoms with van der Waals surface area (Å²) in [5, 5.41) is 0.526. The van der Waals surface area contributed by atoms with Crippen LogP contribution >= 0.6 is 11.3 Å². The number of fused-ring (bicyclic) bond motifs is 2. The van der Waals surface area contributed by atoms with Gasteiger partial charge in [-0.3, -0.25) is 0 Å². The fourth-order valence-electron chi connectivity index (χ4n) is 4.46. The number of pyridine rings is 1. The lowest BCUT2D eigenvalue weighted by molar-refractivity contribution is 0.331. The van der Waals surface area contributed by atoms with Gasteiger partial charge >= 0.3 is 0 Å². The minimum Gasteiger partial charge on any atom is -0.491 e. The van der Waals surface area contributed by atoms with Crippen LogP contribution in [0.2, 0.25) is 0 Å². The lowest BCUT2D eigenvalue weighted by Gasteiger charge is -2.27. The van der Waals surface area contributed by atoms with E-state index in [-0.39, 0.29) is 12.0 Å². The Morgan fingerprint density at radius 2 is 1.91 bits per heavy atom. The summed E-state index contributed by atoms with van der Waals surface area (Å²) in [5.41, 5.74) is 18.1. The maximum Gasteiger partial charge on any atom is 0.182 e. The zero-order valence-electron chi connectivity index (χ0n) is 19.9. The fraction of sp³-hybridized carbons (Fsp3) is 0.360. The predicted octanol–water partition coefficient (Wildman–Crippen LogP) is 4.58. The van der Waals surface area contributed by atoms with Gasteiger partial charge in [-0.2, -0.15) is 0 Å². The lowest BCUT2D eigenvalue weighted by Crippen LogP contribution is -2.29. The molecule has 9 heteroatoms. The molecule has 4 N–H and O–H groups in total. The Bertz CT molecular complexity index is 1370. The maximum atomic E-state index is 6.15. The first-order chi connectivity index (χ1) is 16.3. The summed E-state index contributed by atoms with van der Waals surface area (Å²) in [6.45, 7) is 10.3. The van der Waals surface area contributed by atoms with Crippen LogP contribution in [-0.2, 0) is 6.54 Å². The Morgan fingerprint density at radius 3 is 2.68 bits per heavy atom. The van der Waals surface area contributed by atoms with Crippen LogP contribution in [0.4, 0.5) is 10.9 Å². The van der Waals surface area contributed by atoms with Crippen molar-refractivity contribution in [1.82, 2.24) is 19.9 Å². The van der Waals surface area contributed by atoms with E-state index in [2.05, 4.69) is 45.8 Å². The first-order valence-corrected chi connectivity index (χ1v) is 12.3. The van der Waals surface area contributed by atoms with Crippen LogP contribution in [0.25, 0.3) is 21.5 Å². The normalized spacial score (nSPS) is 14.7. The number of nitrogens with zero attached hydrogens (tertiary/aromatic N) is 5. The predicted molar refractivity (Wildman–Crippen MR) is 137 cm³/mol. The second-order valence-electron chi connectivity index (χ2n) is 9.04. The molecule has 0 saturated carbocycles. The van der Waals surface area contributed by atoms with E-state index in [0.717, 1.165) is 56.4 Å². The van der Waals surface area contributed by atoms with Gasteiger partial charge < -0.3 is 21.1 Å². The van der Waals surface area contributed by atoms with Gasteiger partial charge in [-0.1, -0.05) is 31.3 Å². The number of aromatic nitrogens is 4. The van der Waals surface area contributed by atoms with Crippen molar-refractivity contribution in [1.29, 1.82) is 0 Å². The number of thiazole rings is 1. The molecule has 1 atom stereocenters. The van der Waals surface area contributed by atoms with Crippen molar-refractivity contribution >= 4 is 32.6 Å². The molecule has 176 valence electrons. The molecule has 0 fully saturated rings. The topological polar surface area (TPSA) is 116 Å². The van der Waals surface area contributed by atoms with E-state index in [0.29, 0.717) is 24.1 Å². The van der Waals surface area contributed by atoms with E-state index in [1.54, 1.807) is 0 Å². The first-order valence-electron chi connectivity index (χ1n) is 11.5. The van der Waals surface area contributed by atoms with Crippen molar-refractivity contribution < 1.29 is 4.74 Å². The van der Waals surface area contributed by atoms with Crippen molar-refractivity contribution in [2.75, 3.05) is 23.8 Å². The van der Waals surface area contributed by atoms with Crippen LogP contribution < -0.4 is 21.1 Å². The summed E-state index contributed by atoms with van der Waals surface area (Å²) < 4.78 is 6.12. The monoisotopic (exact) mass is 475 g/mol. The quantitative estimate of drug-likeness (QED) is 0.441. The van der Waals surface area contributed by atoms with E-state index < -0.39 is 0 Å². The molecule has 8 nitrogen and oxygen atoms in total. The SMILES string of the molecule is Cc1nc([C@H](C)N)nc(N2CCOc3ccc(-c4cnc5sc(N)nc5c4)cc3C2)c1C(C)C. The molecule has 0 unspecified atom stereocenters. The van der Waals surface area contributed by atoms with Gasteiger partial charge in [-0.25, -0.2) is 19.9 Å². The number of anilines is 2. The molecule has 3 aromatic heterocycles. The molecule has 1 aliphatic heterocycles. The minimum atomic E-state index is -0.233. The zero-order chi connectivity index (χ0) is 24.0. The van der Waals surface area contributed by atoms with E-state index in [9.17, 15) is 0 Å². The molecule has 1 aromatic carbocycles. The summed E-state index contributed by atoms with van der Waals surface area (Å²) in [5.74, 6) is 2.79. The first kappa shape index (κ1) is 22.5. The van der Waals surface area contributed by atoms with Crippen molar-refractivity contribution in [2.45, 2.75) is 46.2 Å². The van der Waals surface area contributed by atoms with Gasteiger partial charge in [0.05, 0.1) is 12.6 Å². The molecule has 0 aliphatic carbocycles. The van der Waals surface area contributed by atoms with Crippen molar-refractivity contribution in [3.8, 4) is 16.9 Å². The van der Waals surface area contributed by atoms with Gasteiger partial charge in [-0.15, -0.1) is 0 Å². The van der Waals surface area contributed by atoms with Crippen LogP contribution in [0.5, 0.6) is 5.75 Å². The molecule has 4 aromatic rings. The number of rotatable bonds is 4. The number of hydrogen-bond acceptors (Lipinski definition) is 9. The van der Waals surface area contributed by atoms with Gasteiger partial charge in [0.2, 0.25) is 0 Å². The maximum absolute atomic E-state index is 6.15. The highest BCUT2D eigenvalue weighted by atomic mass is 32.1. The highest BCUT2D eigenvalue weighted by molar-refractivity contribution is 7.21. The number of aryl methyl sites for hydroxylation is 1. The van der Waals surface area contributed by atoms with E-state index >= 15 is 0 Å². The average Bonchev–Trinajstić information content (AvgIpc) is 3.03. The second kappa shape index (κ2) is 8.81. The number of nitrogens with two attached hydrogens (primary N) is 2. The van der Waals surface area contributed by atoms with Gasteiger partial charge in [0.1, 0.15) is 34.3 Å². The Balaban J connectivity index is 1.55. The fourth-order valence-corrected chi connectivity index (χ4v) is 5.12. The van der Waals surface area contributed by atoms with Crippen LogP contribution in [0.3, 0.4) is 0 Å². The molecule has 34 heavy (non-hydrogen) atoms. The molecular formula is C25H29N7OS. The Hall–Kier alpha value is -3.30. The van der Waals surface area contributed by atoms with Crippen LogP contribution in [0.15, 0.2) is 30.5 Å². The van der Waals surface area contributed by atoms with Crippen LogP contribution in [-0.4, -0.2) is 33.1 Å². The molecule has 0 saturated heterocycles. The highest BCUT2D eigenvalue weighted by Gasteiger charge is 2.24. The summed E-state index contributed by atoms with van der Waals surface area (Å²) in [4.78, 5) is 21.7. The number of benzene rings is 1. The van der Waals surface area contributed by atoms with Crippen molar-refractivity contribution in [2.24, 2.45) is 5.73 Å². The summed E-state index contributed by atoms with van der Waals surface area (Å²) >= 11 is 1.40. The molecule has 4 heterocycles. The molecule has 1 aliphatic rings. The van der Waals surface area contributed by atoms with Crippen LogP contribution in [0, 0.1) is 6.92 Å². The smallest absolute Gasteiger partial charge is 0.182 e. The lowest BCUT2D eigenvalue weighted by atomic mass is 10.0. The zero-order valence-corrected chi connectivity index (χ0v) is 20.7. The van der Waals surface area contributed by atoms with Gasteiger partial charge in [0.25, 0.3) is 0 Å². The summed E-state index contributed by atoms with van der Waals surface area (Å²) in [6.07, 6.45) is 1.87. The Kier molecular flexibility index (Phi) is 5.83. The van der Waals surface area contributed by atoms with Gasteiger partial charge in [0.15, 0.2) is 5.13 Å². The van der Waals surface area contributed by atoms with Crippen molar-refractivity contribution in [3.05, 3.63) is 53.1 Å². The standard InChI is InChI=1S/C25H29N7OS/c1-13(2)21-15(4)29-22(14(3)26)31-23(21)32-7-8-33-20-6-5-16(9-18(20)12-32)17-10-19-24(28-11-17)34-25(27)30-19/h5-6,9-11,13-14H,7-8,12,26H2,1-4H3,(H2,27,30)/t14-/m0/s1. The molecular weight excluding hydrogens is 446 g/mol. The summed E-state index contributed by atoms with van der Waals surface area (Å²) in [6, 6.07) is 8.07. The van der Waals surface area contributed by atoms with Gasteiger partial charge in [-0.05, 0) is 43.5 Å².